The third kappa shape index (κ3) is 54.2. The highest BCUT2D eigenvalue weighted by Crippen LogP contribution is 2.43. The minimum atomic E-state index is -4.45. The molecule has 74 heavy (non-hydrogen) atoms. The smallest absolute Gasteiger partial charge is 0.456 e. The lowest BCUT2D eigenvalue weighted by Crippen LogP contribution is -2.47. The van der Waals surface area contributed by atoms with Gasteiger partial charge in [-0.2, -0.15) is 0 Å². The van der Waals surface area contributed by atoms with E-state index >= 15 is 0 Å². The highest BCUT2D eigenvalue weighted by atomic mass is 31.2. The Morgan fingerprint density at radius 1 is 0.486 bits per heavy atom. The number of phosphoric acid groups is 1. The molecule has 0 aromatic carbocycles. The number of esters is 1. The molecule has 0 saturated carbocycles. The van der Waals surface area contributed by atoms with Crippen LogP contribution in [0.3, 0.4) is 0 Å². The van der Waals surface area contributed by atoms with E-state index in [9.17, 15) is 19.0 Å². The molecule has 0 aliphatic rings. The van der Waals surface area contributed by atoms with Gasteiger partial charge in [0.1, 0.15) is 19.3 Å². The van der Waals surface area contributed by atoms with Crippen LogP contribution < -0.4 is 5.32 Å². The first-order chi connectivity index (χ1) is 35.9. The van der Waals surface area contributed by atoms with Crippen molar-refractivity contribution in [1.29, 1.82) is 0 Å². The number of likely N-dealkylation sites (N-methyl/N-ethyl adjacent to an activating group) is 1. The average molecular weight is 1060 g/mol. The van der Waals surface area contributed by atoms with Gasteiger partial charge in [0.25, 0.3) is 0 Å². The largest absolute Gasteiger partial charge is 0.472 e. The van der Waals surface area contributed by atoms with Crippen molar-refractivity contribution in [2.75, 3.05) is 40.9 Å². The summed E-state index contributed by atoms with van der Waals surface area (Å²) in [7, 11) is 1.48. The van der Waals surface area contributed by atoms with Gasteiger partial charge in [0.05, 0.1) is 33.8 Å². The molecule has 0 rings (SSSR count). The van der Waals surface area contributed by atoms with Crippen LogP contribution in [-0.2, 0) is 27.9 Å². The van der Waals surface area contributed by atoms with Crippen molar-refractivity contribution >= 4 is 19.7 Å². The molecule has 0 bridgehead atoms. The Kier molecular flexibility index (Phi) is 52.0. The number of carbonyl (C=O) groups is 2. The average Bonchev–Trinajstić information content (AvgIpc) is 3.36. The molecule has 1 amide bonds. The predicted octanol–water partition coefficient (Wildman–Crippen LogP) is 18.8. The van der Waals surface area contributed by atoms with Crippen molar-refractivity contribution in [1.82, 2.24) is 5.32 Å². The first-order valence-corrected chi connectivity index (χ1v) is 32.3. The Hall–Kier alpha value is -2.55. The van der Waals surface area contributed by atoms with Gasteiger partial charge in [-0.1, -0.05) is 235 Å². The number of nitrogens with one attached hydrogen (secondary N) is 1. The van der Waals surface area contributed by atoms with E-state index in [2.05, 4.69) is 86.8 Å². The van der Waals surface area contributed by atoms with Crippen molar-refractivity contribution in [2.45, 2.75) is 283 Å². The molecular weight excluding hydrogens is 940 g/mol. The molecule has 10 heteroatoms. The summed E-state index contributed by atoms with van der Waals surface area (Å²) in [6.07, 6.45) is 69.0. The lowest BCUT2D eigenvalue weighted by molar-refractivity contribution is -0.870. The zero-order valence-corrected chi connectivity index (χ0v) is 50.0. The summed E-state index contributed by atoms with van der Waals surface area (Å²) in [5.41, 5.74) is 0. The van der Waals surface area contributed by atoms with Crippen molar-refractivity contribution in [3.63, 3.8) is 0 Å². The maximum Gasteiger partial charge on any atom is 0.472 e. The third-order valence-corrected chi connectivity index (χ3v) is 14.4. The first-order valence-electron chi connectivity index (χ1n) is 30.8. The summed E-state index contributed by atoms with van der Waals surface area (Å²) in [5, 5.41) is 3.05. The molecule has 0 heterocycles. The van der Waals surface area contributed by atoms with E-state index in [1.807, 2.05) is 33.3 Å². The molecule has 0 saturated heterocycles. The van der Waals surface area contributed by atoms with Crippen LogP contribution in [0.15, 0.2) is 72.9 Å². The number of amides is 1. The summed E-state index contributed by atoms with van der Waals surface area (Å²) >= 11 is 0. The quantitative estimate of drug-likeness (QED) is 0.0205. The van der Waals surface area contributed by atoms with E-state index in [1.54, 1.807) is 0 Å². The predicted molar refractivity (Wildman–Crippen MR) is 318 cm³/mol. The summed E-state index contributed by atoms with van der Waals surface area (Å²) < 4.78 is 30.7. The molecule has 0 fully saturated rings. The van der Waals surface area contributed by atoms with Crippen LogP contribution >= 0.6 is 7.82 Å². The van der Waals surface area contributed by atoms with Crippen molar-refractivity contribution in [3.8, 4) is 0 Å². The molecule has 0 aliphatic carbocycles. The fourth-order valence-corrected chi connectivity index (χ4v) is 9.37. The summed E-state index contributed by atoms with van der Waals surface area (Å²) in [4.78, 5) is 37.7. The van der Waals surface area contributed by atoms with Gasteiger partial charge in [0, 0.05) is 12.8 Å². The number of hydrogen-bond acceptors (Lipinski definition) is 6. The van der Waals surface area contributed by atoms with Gasteiger partial charge < -0.3 is 19.4 Å². The van der Waals surface area contributed by atoms with Crippen molar-refractivity contribution in [2.24, 2.45) is 0 Å². The van der Waals surface area contributed by atoms with E-state index in [0.717, 1.165) is 89.9 Å². The Morgan fingerprint density at radius 2 is 0.865 bits per heavy atom. The zero-order valence-electron chi connectivity index (χ0n) is 49.1. The number of quaternary nitrogens is 1. The molecule has 3 unspecified atom stereocenters. The molecular formula is C64H118N2O7P+. The number of unbranched alkanes of at least 4 members (excludes halogenated alkanes) is 29. The van der Waals surface area contributed by atoms with E-state index in [4.69, 9.17) is 13.8 Å². The Balaban J connectivity index is 5.27. The van der Waals surface area contributed by atoms with Crippen LogP contribution in [0.2, 0.25) is 0 Å². The summed E-state index contributed by atoms with van der Waals surface area (Å²) in [5.74, 6) is -0.531. The second kappa shape index (κ2) is 53.8. The molecule has 0 aromatic heterocycles. The minimum Gasteiger partial charge on any atom is -0.456 e. The Bertz CT molecular complexity index is 1500. The van der Waals surface area contributed by atoms with Gasteiger partial charge in [-0.05, 0) is 96.0 Å². The van der Waals surface area contributed by atoms with Crippen LogP contribution in [-0.4, -0.2) is 74.3 Å². The number of carbonyl (C=O) groups excluding carboxylic acids is 2. The standard InChI is InChI=1S/C64H117N2O7P/c1-7-10-13-16-19-22-25-28-30-31-32-33-34-35-36-38-41-44-47-50-53-56-63(67)65-61(60-72-74(69,70)71-59-58-66(4,5)6)62(55-52-49-46-43-40-37-27-24-21-18-15-12-9-3)73-64(68)57-54-51-48-45-42-39-29-26-23-20-17-14-11-8-2/h11,14,19-20,22-23,28-30,39,52,55,61-62H,7-10,12-13,15-18,21,24-27,31-38,40-51,53-54,56-60H2,1-6H3,(H-,65,67,69,70)/p+1/b14-11+,22-19-,23-20+,30-28-,39-29+,55-52-. The third-order valence-electron chi connectivity index (χ3n) is 13.4. The number of nitrogens with zero attached hydrogens (tertiary/aromatic N) is 1. The second-order valence-corrected chi connectivity index (χ2v) is 23.3. The molecule has 0 spiro atoms. The monoisotopic (exact) mass is 1060 g/mol. The molecule has 0 radical (unpaired) electrons. The Labute approximate surface area is 457 Å². The number of allylic oxidation sites excluding steroid dienone is 11. The van der Waals surface area contributed by atoms with E-state index in [0.29, 0.717) is 23.9 Å². The van der Waals surface area contributed by atoms with E-state index in [1.165, 1.54) is 141 Å². The number of phosphoric ester groups is 1. The first kappa shape index (κ1) is 71.5. The zero-order chi connectivity index (χ0) is 54.3. The van der Waals surface area contributed by atoms with Crippen LogP contribution in [0.5, 0.6) is 0 Å². The minimum absolute atomic E-state index is 0.0341. The fourth-order valence-electron chi connectivity index (χ4n) is 8.63. The van der Waals surface area contributed by atoms with Crippen LogP contribution in [0.1, 0.15) is 271 Å². The molecule has 0 aromatic rings. The van der Waals surface area contributed by atoms with Gasteiger partial charge in [-0.15, -0.1) is 0 Å². The summed E-state index contributed by atoms with van der Waals surface area (Å²) in [6.45, 7) is 6.87. The molecule has 9 nitrogen and oxygen atoms in total. The summed E-state index contributed by atoms with van der Waals surface area (Å²) in [6, 6.07) is -0.860. The number of hydrogen-bond donors (Lipinski definition) is 2. The lowest BCUT2D eigenvalue weighted by Gasteiger charge is -2.27. The maximum absolute atomic E-state index is 13.5. The fraction of sp³-hybridized carbons (Fsp3) is 0.781. The van der Waals surface area contributed by atoms with Crippen molar-refractivity contribution in [3.05, 3.63) is 72.9 Å². The number of ether oxygens (including phenoxy) is 1. The Morgan fingerprint density at radius 3 is 1.32 bits per heavy atom. The van der Waals surface area contributed by atoms with Gasteiger partial charge in [-0.3, -0.25) is 18.6 Å². The number of rotatable bonds is 55. The second-order valence-electron chi connectivity index (χ2n) is 21.8. The van der Waals surface area contributed by atoms with Crippen LogP contribution in [0.4, 0.5) is 0 Å². The highest BCUT2D eigenvalue weighted by molar-refractivity contribution is 7.47. The maximum atomic E-state index is 13.5. The SMILES string of the molecule is CC/C=C/C/C=C/C/C=C/CCCCCCC(=O)OC(/C=C\CCCCCCCCCCCCC)C(COP(=O)(O)OCC[N+](C)(C)C)NC(=O)CCCCCCCCCCCCC/C=C\C/C=C\CCCCC. The topological polar surface area (TPSA) is 111 Å². The van der Waals surface area contributed by atoms with Crippen molar-refractivity contribution < 1.29 is 37.3 Å². The molecule has 2 N–H and O–H groups in total. The van der Waals surface area contributed by atoms with Gasteiger partial charge in [-0.25, -0.2) is 4.57 Å². The highest BCUT2D eigenvalue weighted by Gasteiger charge is 2.30. The van der Waals surface area contributed by atoms with Gasteiger partial charge >= 0.3 is 13.8 Å². The molecule has 0 aliphatic heterocycles. The van der Waals surface area contributed by atoms with Gasteiger partial charge in [0.2, 0.25) is 5.91 Å². The van der Waals surface area contributed by atoms with E-state index < -0.39 is 20.0 Å². The molecule has 3 atom stereocenters. The van der Waals surface area contributed by atoms with Gasteiger partial charge in [0.15, 0.2) is 0 Å². The van der Waals surface area contributed by atoms with Crippen LogP contribution in [0.25, 0.3) is 0 Å². The van der Waals surface area contributed by atoms with E-state index in [-0.39, 0.29) is 31.5 Å². The lowest BCUT2D eigenvalue weighted by atomic mass is 10.0. The molecule has 430 valence electrons. The van der Waals surface area contributed by atoms with Crippen LogP contribution in [0, 0.1) is 0 Å². The normalized spacial score (nSPS) is 14.2.